The maximum atomic E-state index is 12.5. The Kier molecular flexibility index (Phi) is 3.78. The van der Waals surface area contributed by atoms with Gasteiger partial charge in [0.1, 0.15) is 11.4 Å². The smallest absolute Gasteiger partial charge is 0.347 e. The molecule has 0 aliphatic rings. The number of benzene rings is 2. The third-order valence-electron chi connectivity index (χ3n) is 4.66. The van der Waals surface area contributed by atoms with Crippen LogP contribution in [-0.2, 0) is 5.41 Å². The largest absolute Gasteiger partial charge is 0.504 e. The number of fused-ring (bicyclic) bond motifs is 2. The number of phenolic OH excluding ortho intramolecular Hbond substituents is 1. The molecule has 0 saturated heterocycles. The van der Waals surface area contributed by atoms with Crippen molar-refractivity contribution in [2.45, 2.75) is 26.2 Å². The molecule has 0 fully saturated rings. The summed E-state index contributed by atoms with van der Waals surface area (Å²) < 4.78 is 5.34. The molecule has 3 N–H and O–H groups in total. The number of rotatable bonds is 2. The third-order valence-corrected chi connectivity index (χ3v) is 4.66. The van der Waals surface area contributed by atoms with Gasteiger partial charge >= 0.3 is 11.6 Å². The molecule has 7 heteroatoms. The first-order chi connectivity index (χ1) is 13.1. The number of carbonyl (C=O) groups is 1. The number of carboxylic acids is 1. The molecule has 0 aliphatic carbocycles. The molecule has 142 valence electrons. The lowest BCUT2D eigenvalue weighted by Crippen LogP contribution is -2.11. The molecule has 0 radical (unpaired) electrons. The van der Waals surface area contributed by atoms with Crippen LogP contribution in [0, 0.1) is 0 Å². The second-order valence-corrected chi connectivity index (χ2v) is 7.73. The number of aromatic nitrogens is 2. The minimum absolute atomic E-state index is 0.0956. The van der Waals surface area contributed by atoms with Crippen molar-refractivity contribution in [2.24, 2.45) is 0 Å². The number of hydrogen-bond acceptors (Lipinski definition) is 5. The zero-order chi connectivity index (χ0) is 20.2. The highest BCUT2D eigenvalue weighted by Crippen LogP contribution is 2.33. The Morgan fingerprint density at radius 3 is 2.57 bits per heavy atom. The Labute approximate surface area is 159 Å². The Morgan fingerprint density at radius 2 is 1.89 bits per heavy atom. The lowest BCUT2D eigenvalue weighted by Gasteiger charge is -2.19. The number of nitrogens with zero attached hydrogens (tertiary/aromatic N) is 1. The van der Waals surface area contributed by atoms with Gasteiger partial charge in [-0.2, -0.15) is 0 Å². The lowest BCUT2D eigenvalue weighted by atomic mass is 9.86. The van der Waals surface area contributed by atoms with E-state index in [0.29, 0.717) is 16.4 Å². The van der Waals surface area contributed by atoms with Crippen molar-refractivity contribution in [1.29, 1.82) is 0 Å². The van der Waals surface area contributed by atoms with Gasteiger partial charge in [0.05, 0.1) is 16.6 Å². The monoisotopic (exact) mass is 378 g/mol. The van der Waals surface area contributed by atoms with Crippen molar-refractivity contribution in [1.82, 2.24) is 9.97 Å². The second-order valence-electron chi connectivity index (χ2n) is 7.73. The van der Waals surface area contributed by atoms with Crippen molar-refractivity contribution < 1.29 is 19.4 Å². The quantitative estimate of drug-likeness (QED) is 0.453. The van der Waals surface area contributed by atoms with E-state index in [0.717, 1.165) is 5.56 Å². The minimum Gasteiger partial charge on any atom is -0.504 e. The molecule has 0 spiro atoms. The summed E-state index contributed by atoms with van der Waals surface area (Å²) in [6.45, 7) is 6.06. The van der Waals surface area contributed by atoms with Gasteiger partial charge in [0.15, 0.2) is 11.3 Å². The van der Waals surface area contributed by atoms with Gasteiger partial charge in [-0.25, -0.2) is 14.6 Å². The van der Waals surface area contributed by atoms with E-state index in [9.17, 15) is 14.7 Å². The van der Waals surface area contributed by atoms with Crippen LogP contribution < -0.4 is 5.63 Å². The van der Waals surface area contributed by atoms with Gasteiger partial charge < -0.3 is 19.6 Å². The fraction of sp³-hybridized carbons (Fsp3) is 0.190. The molecule has 28 heavy (non-hydrogen) atoms. The number of carboxylic acid groups (broad SMARTS) is 1. The normalized spacial score (nSPS) is 12.0. The number of aromatic hydroxyl groups is 1. The number of aromatic carboxylic acids is 1. The minimum atomic E-state index is -1.05. The summed E-state index contributed by atoms with van der Waals surface area (Å²) in [4.78, 5) is 31.0. The summed E-state index contributed by atoms with van der Waals surface area (Å²) in [5.74, 6) is -0.871. The highest BCUT2D eigenvalue weighted by Gasteiger charge is 2.19. The Balaban J connectivity index is 1.93. The zero-order valence-corrected chi connectivity index (χ0v) is 15.5. The molecule has 2 heterocycles. The maximum Gasteiger partial charge on any atom is 0.347 e. The maximum absolute atomic E-state index is 12.5. The first kappa shape index (κ1) is 17.8. The molecular weight excluding hydrogens is 360 g/mol. The molecule has 0 unspecified atom stereocenters. The van der Waals surface area contributed by atoms with Gasteiger partial charge in [-0.3, -0.25) is 0 Å². The van der Waals surface area contributed by atoms with Crippen molar-refractivity contribution >= 4 is 28.0 Å². The molecule has 0 amide bonds. The molecule has 7 nitrogen and oxygen atoms in total. The fourth-order valence-corrected chi connectivity index (χ4v) is 3.08. The van der Waals surface area contributed by atoms with Gasteiger partial charge in [0, 0.05) is 5.39 Å². The average molecular weight is 378 g/mol. The number of nitrogens with one attached hydrogen (secondary N) is 1. The van der Waals surface area contributed by atoms with Gasteiger partial charge in [0.2, 0.25) is 0 Å². The van der Waals surface area contributed by atoms with E-state index in [4.69, 9.17) is 9.52 Å². The predicted octanol–water partition coefficient (Wildman–Crippen LogP) is 4.04. The van der Waals surface area contributed by atoms with Gasteiger partial charge in [-0.15, -0.1) is 0 Å². The summed E-state index contributed by atoms with van der Waals surface area (Å²) >= 11 is 0. The highest BCUT2D eigenvalue weighted by molar-refractivity contribution is 5.93. The second kappa shape index (κ2) is 5.95. The van der Waals surface area contributed by atoms with Crippen LogP contribution in [0.25, 0.3) is 33.4 Å². The van der Waals surface area contributed by atoms with Crippen LogP contribution in [0.2, 0.25) is 0 Å². The summed E-state index contributed by atoms with van der Waals surface area (Å²) in [5, 5.41) is 20.0. The van der Waals surface area contributed by atoms with Crippen molar-refractivity contribution in [2.75, 3.05) is 0 Å². The first-order valence-corrected chi connectivity index (χ1v) is 8.68. The van der Waals surface area contributed by atoms with E-state index in [1.807, 2.05) is 26.8 Å². The predicted molar refractivity (Wildman–Crippen MR) is 105 cm³/mol. The van der Waals surface area contributed by atoms with Crippen LogP contribution in [0.5, 0.6) is 5.75 Å². The number of imidazole rings is 1. The van der Waals surface area contributed by atoms with Gasteiger partial charge in [0.25, 0.3) is 0 Å². The van der Waals surface area contributed by atoms with E-state index in [2.05, 4.69) is 9.97 Å². The average Bonchev–Trinajstić information content (AvgIpc) is 3.03. The SMILES string of the molecule is CC(C)(C)c1cc(O)c2oc(=O)c(-c3nc4ccc(C(=O)O)cc4[nH]3)cc2c1. The molecule has 0 bridgehead atoms. The van der Waals surface area contributed by atoms with E-state index < -0.39 is 11.6 Å². The molecule has 2 aromatic carbocycles. The van der Waals surface area contributed by atoms with Crippen LogP contribution in [-0.4, -0.2) is 26.2 Å². The van der Waals surface area contributed by atoms with Gasteiger partial charge in [-0.05, 0) is 47.4 Å². The summed E-state index contributed by atoms with van der Waals surface area (Å²) in [5.41, 5.74) is 1.52. The Bertz CT molecular complexity index is 1310. The van der Waals surface area contributed by atoms with E-state index >= 15 is 0 Å². The van der Waals surface area contributed by atoms with Gasteiger partial charge in [-0.1, -0.05) is 20.8 Å². The molecule has 0 aliphatic heterocycles. The summed E-state index contributed by atoms with van der Waals surface area (Å²) in [6, 6.07) is 9.56. The van der Waals surface area contributed by atoms with Crippen LogP contribution in [0.4, 0.5) is 0 Å². The van der Waals surface area contributed by atoms with Crippen LogP contribution >= 0.6 is 0 Å². The van der Waals surface area contributed by atoms with E-state index in [1.54, 1.807) is 18.2 Å². The van der Waals surface area contributed by atoms with Crippen LogP contribution in [0.1, 0.15) is 36.7 Å². The summed E-state index contributed by atoms with van der Waals surface area (Å²) in [7, 11) is 0. The topological polar surface area (TPSA) is 116 Å². The van der Waals surface area contributed by atoms with E-state index in [1.165, 1.54) is 12.1 Å². The standard InChI is InChI=1S/C21H18N2O5/c1-21(2,3)12-6-11-7-13(20(27)28-17(11)16(24)9-12)18-22-14-5-4-10(19(25)26)8-15(14)23-18/h4-9,24H,1-3H3,(H,22,23)(H,25,26). The Hall–Kier alpha value is -3.61. The molecule has 2 aromatic heterocycles. The molecule has 0 saturated carbocycles. The van der Waals surface area contributed by atoms with Crippen LogP contribution in [0.15, 0.2) is 45.6 Å². The number of hydrogen-bond donors (Lipinski definition) is 3. The number of H-pyrrole nitrogens is 1. The first-order valence-electron chi connectivity index (χ1n) is 8.68. The molecule has 4 aromatic rings. The number of phenols is 1. The van der Waals surface area contributed by atoms with Crippen molar-refractivity contribution in [3.05, 3.63) is 57.9 Å². The zero-order valence-electron chi connectivity index (χ0n) is 15.5. The van der Waals surface area contributed by atoms with Crippen molar-refractivity contribution in [3.8, 4) is 17.1 Å². The third kappa shape index (κ3) is 2.90. The highest BCUT2D eigenvalue weighted by atomic mass is 16.4. The molecule has 4 rings (SSSR count). The van der Waals surface area contributed by atoms with Crippen molar-refractivity contribution in [3.63, 3.8) is 0 Å². The Morgan fingerprint density at radius 1 is 1.14 bits per heavy atom. The van der Waals surface area contributed by atoms with E-state index in [-0.39, 0.29) is 33.7 Å². The molecular formula is C21H18N2O5. The summed E-state index contributed by atoms with van der Waals surface area (Å²) in [6.07, 6.45) is 0. The lowest BCUT2D eigenvalue weighted by molar-refractivity contribution is 0.0697. The van der Waals surface area contributed by atoms with Crippen LogP contribution in [0.3, 0.4) is 0 Å². The number of aromatic amines is 1. The fourth-order valence-electron chi connectivity index (χ4n) is 3.08. The molecule has 0 atom stereocenters.